The van der Waals surface area contributed by atoms with Crippen LogP contribution in [0.3, 0.4) is 0 Å². The van der Waals surface area contributed by atoms with Gasteiger partial charge in [-0.2, -0.15) is 8.42 Å². The minimum Gasteiger partial charge on any atom is -0.457 e. The maximum atomic E-state index is 12.9. The molecule has 0 saturated carbocycles. The van der Waals surface area contributed by atoms with Crippen molar-refractivity contribution in [1.29, 1.82) is 0 Å². The molecule has 0 fully saturated rings. The maximum Gasteiger partial charge on any atom is 0.351 e. The molecule has 1 unspecified atom stereocenters. The van der Waals surface area contributed by atoms with Gasteiger partial charge in [-0.05, 0) is 68.9 Å². The lowest BCUT2D eigenvalue weighted by molar-refractivity contribution is 0.215. The summed E-state index contributed by atoms with van der Waals surface area (Å²) in [5.41, 5.74) is 2.08. The number of aryl methyl sites for hydroxylation is 2. The van der Waals surface area contributed by atoms with Crippen molar-refractivity contribution in [3.05, 3.63) is 59.7 Å². The summed E-state index contributed by atoms with van der Waals surface area (Å²) in [5.74, 6) is 1.50. The average Bonchev–Trinajstić information content (AvgIpc) is 2.72. The Morgan fingerprint density at radius 2 is 1.66 bits per heavy atom. The summed E-state index contributed by atoms with van der Waals surface area (Å²) in [6.07, 6.45) is 2.76. The third kappa shape index (κ3) is 7.71. The van der Waals surface area contributed by atoms with Crippen molar-refractivity contribution in [2.45, 2.75) is 57.9 Å². The molecule has 0 aliphatic rings. The van der Waals surface area contributed by atoms with Gasteiger partial charge < -0.3 is 13.8 Å². The second-order valence-electron chi connectivity index (χ2n) is 7.34. The highest BCUT2D eigenvalue weighted by Crippen LogP contribution is 2.56. The first-order chi connectivity index (χ1) is 15.2. The summed E-state index contributed by atoms with van der Waals surface area (Å²) in [4.78, 5) is -1.62. The highest BCUT2D eigenvalue weighted by molar-refractivity contribution is 7.94. The molecule has 1 atom stereocenters. The van der Waals surface area contributed by atoms with Crippen molar-refractivity contribution in [2.75, 3.05) is 13.2 Å². The first-order valence-corrected chi connectivity index (χ1v) is 14.0. The molecule has 1 N–H and O–H groups in total. The van der Waals surface area contributed by atoms with Gasteiger partial charge in [-0.25, -0.2) is 0 Å². The zero-order valence-electron chi connectivity index (χ0n) is 18.9. The number of para-hydroxylation sites is 1. The van der Waals surface area contributed by atoms with Crippen LogP contribution in [0.4, 0.5) is 0 Å². The highest BCUT2D eigenvalue weighted by atomic mass is 32.2. The third-order valence-corrected chi connectivity index (χ3v) is 9.55. The van der Waals surface area contributed by atoms with E-state index in [4.69, 9.17) is 13.8 Å². The van der Waals surface area contributed by atoms with E-state index in [-0.39, 0.29) is 19.6 Å². The van der Waals surface area contributed by atoms with Crippen LogP contribution < -0.4 is 4.74 Å². The Balaban J connectivity index is 2.10. The largest absolute Gasteiger partial charge is 0.457 e. The molecule has 0 aliphatic carbocycles. The zero-order chi connectivity index (χ0) is 23.6. The zero-order valence-corrected chi connectivity index (χ0v) is 20.6. The average molecular weight is 485 g/mol. The Morgan fingerprint density at radius 1 is 0.969 bits per heavy atom. The normalized spacial score (nSPS) is 13.1. The van der Waals surface area contributed by atoms with E-state index in [0.29, 0.717) is 18.6 Å². The van der Waals surface area contributed by atoms with Gasteiger partial charge in [0, 0.05) is 0 Å². The molecule has 2 aromatic carbocycles. The molecule has 178 valence electrons. The Morgan fingerprint density at radius 3 is 2.28 bits per heavy atom. The summed E-state index contributed by atoms with van der Waals surface area (Å²) < 4.78 is 62.8. The molecule has 0 heterocycles. The molecule has 0 aromatic heterocycles. The quantitative estimate of drug-likeness (QED) is 0.250. The van der Waals surface area contributed by atoms with Crippen LogP contribution in [0.5, 0.6) is 11.5 Å². The second-order valence-corrected chi connectivity index (χ2v) is 11.5. The Kier molecular flexibility index (Phi) is 10.4. The predicted molar refractivity (Wildman–Crippen MR) is 126 cm³/mol. The summed E-state index contributed by atoms with van der Waals surface area (Å²) in [6, 6.07) is 15.5. The van der Waals surface area contributed by atoms with Crippen molar-refractivity contribution >= 4 is 17.7 Å². The standard InChI is InChI=1S/C23H33O7PS/c1-4-11-20-14-7-8-16-22(20)30-21-15-9-12-19(18-21)13-10-17-23(32(25,26)27)31(24,28-5-2)29-6-3/h7-9,12,14-16,18,23H,4-6,10-11,13,17H2,1-3H3,(H,25,26,27). The second kappa shape index (κ2) is 12.5. The molecular weight excluding hydrogens is 451 g/mol. The molecule has 2 rings (SSSR count). The lowest BCUT2D eigenvalue weighted by Gasteiger charge is -2.24. The van der Waals surface area contributed by atoms with Gasteiger partial charge in [-0.15, -0.1) is 0 Å². The predicted octanol–water partition coefficient (Wildman–Crippen LogP) is 6.23. The van der Waals surface area contributed by atoms with Crippen LogP contribution in [0.25, 0.3) is 0 Å². The van der Waals surface area contributed by atoms with Crippen LogP contribution >= 0.6 is 7.60 Å². The topological polar surface area (TPSA) is 99.1 Å². The number of ether oxygens (including phenoxy) is 1. The van der Waals surface area contributed by atoms with Crippen molar-refractivity contribution < 1.29 is 31.3 Å². The van der Waals surface area contributed by atoms with Crippen LogP contribution in [-0.4, -0.2) is 31.2 Å². The van der Waals surface area contributed by atoms with Gasteiger partial charge >= 0.3 is 7.60 Å². The fraction of sp³-hybridized carbons (Fsp3) is 0.478. The molecule has 0 radical (unpaired) electrons. The van der Waals surface area contributed by atoms with Gasteiger partial charge in [0.05, 0.1) is 13.2 Å². The monoisotopic (exact) mass is 484 g/mol. The van der Waals surface area contributed by atoms with E-state index in [2.05, 4.69) is 6.92 Å². The fourth-order valence-corrected chi connectivity index (χ4v) is 7.25. The van der Waals surface area contributed by atoms with Gasteiger partial charge in [0.25, 0.3) is 10.1 Å². The molecule has 9 heteroatoms. The number of hydrogen-bond donors (Lipinski definition) is 1. The van der Waals surface area contributed by atoms with Gasteiger partial charge in [-0.1, -0.05) is 43.7 Å². The summed E-state index contributed by atoms with van der Waals surface area (Å²) >= 11 is 0. The minimum atomic E-state index is -4.62. The molecule has 7 nitrogen and oxygen atoms in total. The van der Waals surface area contributed by atoms with Gasteiger partial charge in [0.15, 0.2) is 4.99 Å². The Bertz CT molecular complexity index is 997. The van der Waals surface area contributed by atoms with E-state index in [0.717, 1.165) is 29.7 Å². The van der Waals surface area contributed by atoms with Crippen molar-refractivity contribution in [3.63, 3.8) is 0 Å². The molecule has 0 spiro atoms. The highest BCUT2D eigenvalue weighted by Gasteiger charge is 2.44. The van der Waals surface area contributed by atoms with E-state index in [1.54, 1.807) is 13.8 Å². The van der Waals surface area contributed by atoms with Crippen LogP contribution in [-0.2, 0) is 36.6 Å². The van der Waals surface area contributed by atoms with E-state index in [1.807, 2.05) is 48.5 Å². The smallest absolute Gasteiger partial charge is 0.351 e. The van der Waals surface area contributed by atoms with Crippen LogP contribution in [0.1, 0.15) is 51.2 Å². The minimum absolute atomic E-state index is 0.0161. The van der Waals surface area contributed by atoms with Crippen molar-refractivity contribution in [1.82, 2.24) is 0 Å². The molecule has 2 aromatic rings. The Hall–Kier alpha value is -1.70. The SMILES string of the molecule is CCCc1ccccc1Oc1cccc(CCCC(P(=O)(OCC)OCC)S(=O)(=O)O)c1. The molecule has 32 heavy (non-hydrogen) atoms. The van der Waals surface area contributed by atoms with E-state index < -0.39 is 22.7 Å². The summed E-state index contributed by atoms with van der Waals surface area (Å²) in [5, 5.41) is 0. The van der Waals surface area contributed by atoms with E-state index in [9.17, 15) is 17.5 Å². The lowest BCUT2D eigenvalue weighted by Crippen LogP contribution is -2.23. The third-order valence-electron chi connectivity index (χ3n) is 4.85. The molecule has 0 bridgehead atoms. The molecule has 0 aliphatic heterocycles. The van der Waals surface area contributed by atoms with Crippen LogP contribution in [0, 0.1) is 0 Å². The first kappa shape index (κ1) is 26.6. The Labute approximate surface area is 191 Å². The lowest BCUT2D eigenvalue weighted by atomic mass is 10.1. The molecular formula is C23H33O7PS. The first-order valence-electron chi connectivity index (χ1n) is 10.9. The van der Waals surface area contributed by atoms with Crippen molar-refractivity contribution in [2.24, 2.45) is 0 Å². The molecule has 0 saturated heterocycles. The van der Waals surface area contributed by atoms with Crippen LogP contribution in [0.2, 0.25) is 0 Å². The summed E-state index contributed by atoms with van der Waals surface area (Å²) in [6.45, 7) is 5.34. The van der Waals surface area contributed by atoms with E-state index in [1.165, 1.54) is 0 Å². The maximum absolute atomic E-state index is 12.9. The van der Waals surface area contributed by atoms with Crippen LogP contribution in [0.15, 0.2) is 48.5 Å². The van der Waals surface area contributed by atoms with Gasteiger partial charge in [0.1, 0.15) is 11.5 Å². The number of benzene rings is 2. The number of rotatable bonds is 14. The fourth-order valence-electron chi connectivity index (χ4n) is 3.49. The molecule has 0 amide bonds. The van der Waals surface area contributed by atoms with Gasteiger partial charge in [-0.3, -0.25) is 9.12 Å². The van der Waals surface area contributed by atoms with E-state index >= 15 is 0 Å². The van der Waals surface area contributed by atoms with Crippen molar-refractivity contribution in [3.8, 4) is 11.5 Å². The van der Waals surface area contributed by atoms with Gasteiger partial charge in [0.2, 0.25) is 0 Å². The summed E-state index contributed by atoms with van der Waals surface area (Å²) in [7, 11) is -8.62. The number of hydrogen-bond acceptors (Lipinski definition) is 6.